The minimum absolute atomic E-state index is 0.0722. The minimum Gasteiger partial charge on any atom is -0.481 e. The second-order valence-corrected chi connectivity index (χ2v) is 7.29. The highest BCUT2D eigenvalue weighted by molar-refractivity contribution is 5.76. The molecular formula is C16H24O4. The number of carboxylic acids is 2. The Balaban J connectivity index is 1.89. The lowest BCUT2D eigenvalue weighted by Crippen LogP contribution is -2.48. The van der Waals surface area contributed by atoms with Crippen molar-refractivity contribution in [1.29, 1.82) is 0 Å². The third-order valence-corrected chi connectivity index (χ3v) is 6.30. The first-order valence-electron chi connectivity index (χ1n) is 7.97. The van der Waals surface area contributed by atoms with E-state index < -0.39 is 17.4 Å². The van der Waals surface area contributed by atoms with Crippen molar-refractivity contribution < 1.29 is 19.8 Å². The molecule has 2 N–H and O–H groups in total. The highest BCUT2D eigenvalue weighted by Crippen LogP contribution is 2.55. The number of hydrogen-bond donors (Lipinski definition) is 2. The van der Waals surface area contributed by atoms with Crippen LogP contribution >= 0.6 is 0 Å². The molecule has 4 rings (SSSR count). The summed E-state index contributed by atoms with van der Waals surface area (Å²) < 4.78 is 0. The van der Waals surface area contributed by atoms with Gasteiger partial charge in [0.2, 0.25) is 0 Å². The summed E-state index contributed by atoms with van der Waals surface area (Å²) in [5, 5.41) is 19.1. The fraction of sp³-hybridized carbons (Fsp3) is 0.875. The van der Waals surface area contributed by atoms with Crippen molar-refractivity contribution in [3.8, 4) is 0 Å². The molecule has 0 aromatic carbocycles. The van der Waals surface area contributed by atoms with Crippen LogP contribution in [-0.2, 0) is 9.59 Å². The molecular weight excluding hydrogens is 256 g/mol. The van der Waals surface area contributed by atoms with Gasteiger partial charge in [-0.1, -0.05) is 25.7 Å². The molecule has 4 aliphatic rings. The van der Waals surface area contributed by atoms with E-state index in [4.69, 9.17) is 0 Å². The van der Waals surface area contributed by atoms with E-state index in [9.17, 15) is 19.8 Å². The van der Waals surface area contributed by atoms with E-state index in [-0.39, 0.29) is 11.8 Å². The molecule has 112 valence electrons. The summed E-state index contributed by atoms with van der Waals surface area (Å²) in [6.07, 6.45) is 8.18. The normalized spacial score (nSPS) is 44.2. The average molecular weight is 280 g/mol. The Morgan fingerprint density at radius 3 is 2.15 bits per heavy atom. The average Bonchev–Trinajstić information content (AvgIpc) is 2.38. The van der Waals surface area contributed by atoms with Crippen molar-refractivity contribution in [2.75, 3.05) is 0 Å². The summed E-state index contributed by atoms with van der Waals surface area (Å²) >= 11 is 0. The number of fused-ring (bicyclic) bond motifs is 2. The summed E-state index contributed by atoms with van der Waals surface area (Å²) in [5.74, 6) is -0.488. The van der Waals surface area contributed by atoms with Crippen LogP contribution in [0.2, 0.25) is 0 Å². The zero-order valence-corrected chi connectivity index (χ0v) is 11.9. The quantitative estimate of drug-likeness (QED) is 0.814. The van der Waals surface area contributed by atoms with Gasteiger partial charge < -0.3 is 10.2 Å². The smallest absolute Gasteiger partial charge is 0.309 e. The molecule has 20 heavy (non-hydrogen) atoms. The molecule has 4 saturated carbocycles. The molecule has 4 heteroatoms. The molecule has 0 aliphatic heterocycles. The van der Waals surface area contributed by atoms with Gasteiger partial charge in [-0.3, -0.25) is 9.59 Å². The molecule has 0 saturated heterocycles. The Hall–Kier alpha value is -1.06. The van der Waals surface area contributed by atoms with Crippen LogP contribution in [-0.4, -0.2) is 22.2 Å². The van der Waals surface area contributed by atoms with Gasteiger partial charge in [-0.05, 0) is 49.9 Å². The fourth-order valence-electron chi connectivity index (χ4n) is 5.10. The van der Waals surface area contributed by atoms with E-state index in [1.165, 1.54) is 25.7 Å². The molecule has 2 bridgehead atoms. The SMILES string of the molecule is O=C(O)C1CCC2(C(=O)O)CC3CCC(CC3)CC2C1. The van der Waals surface area contributed by atoms with E-state index in [2.05, 4.69) is 0 Å². The number of hydrogen-bond acceptors (Lipinski definition) is 2. The van der Waals surface area contributed by atoms with E-state index in [1.54, 1.807) is 0 Å². The summed E-state index contributed by atoms with van der Waals surface area (Å²) in [6.45, 7) is 0. The van der Waals surface area contributed by atoms with Crippen molar-refractivity contribution in [1.82, 2.24) is 0 Å². The van der Waals surface area contributed by atoms with Gasteiger partial charge in [0.25, 0.3) is 0 Å². The molecule has 3 atom stereocenters. The summed E-state index contributed by atoms with van der Waals surface area (Å²) in [7, 11) is 0. The van der Waals surface area contributed by atoms with Crippen molar-refractivity contribution in [3.05, 3.63) is 0 Å². The largest absolute Gasteiger partial charge is 0.481 e. The van der Waals surface area contributed by atoms with Crippen LogP contribution in [0.4, 0.5) is 0 Å². The fourth-order valence-corrected chi connectivity index (χ4v) is 5.10. The second kappa shape index (κ2) is 5.05. The Labute approximate surface area is 119 Å². The lowest BCUT2D eigenvalue weighted by molar-refractivity contribution is -0.165. The predicted octanol–water partition coefficient (Wildman–Crippen LogP) is 3.16. The zero-order valence-electron chi connectivity index (χ0n) is 11.9. The Morgan fingerprint density at radius 2 is 1.55 bits per heavy atom. The van der Waals surface area contributed by atoms with Gasteiger partial charge in [0.05, 0.1) is 11.3 Å². The molecule has 0 spiro atoms. The lowest BCUT2D eigenvalue weighted by atomic mass is 9.54. The van der Waals surface area contributed by atoms with Crippen LogP contribution in [0.1, 0.15) is 57.8 Å². The number of carboxylic acid groups (broad SMARTS) is 2. The maximum absolute atomic E-state index is 12.0. The van der Waals surface area contributed by atoms with Crippen molar-refractivity contribution in [3.63, 3.8) is 0 Å². The van der Waals surface area contributed by atoms with Gasteiger partial charge >= 0.3 is 11.9 Å². The molecule has 3 unspecified atom stereocenters. The van der Waals surface area contributed by atoms with Gasteiger partial charge in [-0.25, -0.2) is 0 Å². The maximum atomic E-state index is 12.0. The lowest BCUT2D eigenvalue weighted by Gasteiger charge is -2.49. The Bertz CT molecular complexity index is 411. The Kier molecular flexibility index (Phi) is 3.51. The van der Waals surface area contributed by atoms with E-state index in [0.717, 1.165) is 12.8 Å². The number of rotatable bonds is 2. The van der Waals surface area contributed by atoms with Crippen molar-refractivity contribution in [2.24, 2.45) is 29.1 Å². The predicted molar refractivity (Wildman–Crippen MR) is 73.2 cm³/mol. The maximum Gasteiger partial charge on any atom is 0.309 e. The molecule has 0 amide bonds. The van der Waals surface area contributed by atoms with Gasteiger partial charge in [-0.15, -0.1) is 0 Å². The van der Waals surface area contributed by atoms with Crippen LogP contribution in [0.25, 0.3) is 0 Å². The van der Waals surface area contributed by atoms with Crippen molar-refractivity contribution >= 4 is 11.9 Å². The molecule has 4 nitrogen and oxygen atoms in total. The topological polar surface area (TPSA) is 74.6 Å². The van der Waals surface area contributed by atoms with Crippen molar-refractivity contribution in [2.45, 2.75) is 57.8 Å². The van der Waals surface area contributed by atoms with Gasteiger partial charge in [-0.2, -0.15) is 0 Å². The van der Waals surface area contributed by atoms with Gasteiger partial charge in [0, 0.05) is 0 Å². The Morgan fingerprint density at radius 1 is 0.900 bits per heavy atom. The number of carbonyl (C=O) groups is 2. The summed E-state index contributed by atoms with van der Waals surface area (Å²) in [4.78, 5) is 23.3. The van der Waals surface area contributed by atoms with Crippen LogP contribution in [0.5, 0.6) is 0 Å². The zero-order chi connectivity index (χ0) is 14.3. The van der Waals surface area contributed by atoms with E-state index >= 15 is 0 Å². The molecule has 0 aromatic heterocycles. The highest BCUT2D eigenvalue weighted by Gasteiger charge is 2.53. The molecule has 0 radical (unpaired) electrons. The molecule has 4 aliphatic carbocycles. The van der Waals surface area contributed by atoms with E-state index in [0.29, 0.717) is 31.1 Å². The van der Waals surface area contributed by atoms with E-state index in [1.807, 2.05) is 0 Å². The van der Waals surface area contributed by atoms with Crippen LogP contribution < -0.4 is 0 Å². The standard InChI is InChI=1S/C16H24O4/c17-14(18)12-5-6-16(15(19)20)9-11-3-1-10(2-4-11)7-13(16)8-12/h10-13H,1-9H2,(H,17,18)(H,19,20). The van der Waals surface area contributed by atoms with Gasteiger partial charge in [0.1, 0.15) is 0 Å². The third kappa shape index (κ3) is 2.23. The summed E-state index contributed by atoms with van der Waals surface area (Å²) in [5.41, 5.74) is -0.629. The van der Waals surface area contributed by atoms with Crippen LogP contribution in [0.15, 0.2) is 0 Å². The molecule has 0 aromatic rings. The molecule has 0 heterocycles. The first-order valence-corrected chi connectivity index (χ1v) is 7.97. The molecule has 4 fully saturated rings. The highest BCUT2D eigenvalue weighted by atomic mass is 16.4. The second-order valence-electron chi connectivity index (χ2n) is 7.29. The summed E-state index contributed by atoms with van der Waals surface area (Å²) in [6, 6.07) is 0. The number of aliphatic carboxylic acids is 2. The van der Waals surface area contributed by atoms with Crippen LogP contribution in [0.3, 0.4) is 0 Å². The monoisotopic (exact) mass is 280 g/mol. The third-order valence-electron chi connectivity index (χ3n) is 6.30. The first kappa shape index (κ1) is 13.9. The van der Waals surface area contributed by atoms with Gasteiger partial charge in [0.15, 0.2) is 0 Å². The first-order chi connectivity index (χ1) is 9.51. The van der Waals surface area contributed by atoms with Crippen LogP contribution in [0, 0.1) is 29.1 Å². The minimum atomic E-state index is -0.740.